The summed E-state index contributed by atoms with van der Waals surface area (Å²) in [5, 5.41) is 12.5. The van der Waals surface area contributed by atoms with Crippen LogP contribution in [0.1, 0.15) is 61.6 Å². The Hall–Kier alpha value is -4.34. The predicted octanol–water partition coefficient (Wildman–Crippen LogP) is 7.19. The van der Waals surface area contributed by atoms with Crippen LogP contribution in [-0.2, 0) is 19.1 Å². The fraction of sp³-hybridized carbons (Fsp3) is 0.265. The van der Waals surface area contributed by atoms with Crippen LogP contribution >= 0.6 is 11.6 Å². The number of carbonyl (C=O) groups excluding carboxylic acids is 2. The number of hydrogen-bond donors (Lipinski definition) is 1. The molecule has 41 heavy (non-hydrogen) atoms. The van der Waals surface area contributed by atoms with Crippen molar-refractivity contribution < 1.29 is 19.1 Å². The van der Waals surface area contributed by atoms with Gasteiger partial charge in [0.1, 0.15) is 6.61 Å². The topological polar surface area (TPSA) is 88.4 Å². The van der Waals surface area contributed by atoms with Crippen LogP contribution in [0.2, 0.25) is 5.02 Å². The third-order valence-electron chi connectivity index (χ3n) is 7.10. The van der Waals surface area contributed by atoms with Gasteiger partial charge in [-0.3, -0.25) is 0 Å². The number of ether oxygens (including phenoxy) is 2. The second-order valence-corrected chi connectivity index (χ2v) is 10.3. The first-order valence-corrected chi connectivity index (χ1v) is 14.0. The van der Waals surface area contributed by atoms with Crippen molar-refractivity contribution in [2.24, 2.45) is 0 Å². The maximum absolute atomic E-state index is 13.6. The number of dihydropyridines is 1. The number of allylic oxidation sites excluding steroid dienone is 2. The van der Waals surface area contributed by atoms with E-state index >= 15 is 0 Å². The van der Waals surface area contributed by atoms with E-state index in [1.165, 1.54) is 11.1 Å². The van der Waals surface area contributed by atoms with Gasteiger partial charge in [-0.1, -0.05) is 84.4 Å². The third-order valence-corrected chi connectivity index (χ3v) is 7.34. The molecule has 1 aliphatic rings. The van der Waals surface area contributed by atoms with Gasteiger partial charge in [-0.15, -0.1) is 0 Å². The number of esters is 2. The Morgan fingerprint density at radius 2 is 1.41 bits per heavy atom. The Morgan fingerprint density at radius 3 is 1.95 bits per heavy atom. The van der Waals surface area contributed by atoms with Crippen molar-refractivity contribution in [1.29, 1.82) is 5.26 Å². The van der Waals surface area contributed by atoms with E-state index in [1.807, 2.05) is 48.5 Å². The molecule has 4 rings (SSSR count). The highest BCUT2D eigenvalue weighted by Gasteiger charge is 2.38. The number of nitrogens with zero attached hydrogens (tertiary/aromatic N) is 1. The zero-order valence-corrected chi connectivity index (χ0v) is 24.0. The summed E-state index contributed by atoms with van der Waals surface area (Å²) < 4.78 is 11.2. The number of nitrogens with one attached hydrogen (secondary N) is 1. The highest BCUT2D eigenvalue weighted by atomic mass is 35.5. The Bertz CT molecular complexity index is 1440. The summed E-state index contributed by atoms with van der Waals surface area (Å²) in [5.74, 6) is -1.67. The Kier molecular flexibility index (Phi) is 10.4. The van der Waals surface area contributed by atoms with Crippen molar-refractivity contribution in [3.8, 4) is 6.07 Å². The van der Waals surface area contributed by atoms with Gasteiger partial charge in [0.15, 0.2) is 0 Å². The summed E-state index contributed by atoms with van der Waals surface area (Å²) in [6, 6.07) is 29.6. The molecule has 0 saturated heterocycles. The highest BCUT2D eigenvalue weighted by molar-refractivity contribution is 6.30. The zero-order chi connectivity index (χ0) is 29.2. The van der Waals surface area contributed by atoms with E-state index in [0.29, 0.717) is 34.0 Å². The van der Waals surface area contributed by atoms with Crippen LogP contribution in [0, 0.1) is 11.3 Å². The van der Waals surface area contributed by atoms with Crippen LogP contribution in [0.5, 0.6) is 0 Å². The first-order valence-electron chi connectivity index (χ1n) is 13.7. The Labute approximate surface area is 246 Å². The molecule has 0 saturated carbocycles. The van der Waals surface area contributed by atoms with Gasteiger partial charge in [0.05, 0.1) is 36.2 Å². The molecule has 7 heteroatoms. The lowest BCUT2D eigenvalue weighted by molar-refractivity contribution is -0.140. The van der Waals surface area contributed by atoms with Gasteiger partial charge in [-0.05, 0) is 55.5 Å². The third kappa shape index (κ3) is 7.45. The Balaban J connectivity index is 1.53. The smallest absolute Gasteiger partial charge is 0.336 e. The molecule has 0 amide bonds. The maximum Gasteiger partial charge on any atom is 0.336 e. The van der Waals surface area contributed by atoms with Gasteiger partial charge in [0.2, 0.25) is 0 Å². The van der Waals surface area contributed by atoms with Crippen LogP contribution in [-0.4, -0.2) is 25.2 Å². The van der Waals surface area contributed by atoms with Crippen LogP contribution in [0.15, 0.2) is 107 Å². The summed E-state index contributed by atoms with van der Waals surface area (Å²) in [6.45, 7) is 3.73. The lowest BCUT2D eigenvalue weighted by Gasteiger charge is -2.30. The second kappa shape index (κ2) is 14.3. The normalized spacial score (nSPS) is 14.9. The average Bonchev–Trinajstić information content (AvgIpc) is 2.97. The van der Waals surface area contributed by atoms with E-state index in [2.05, 4.69) is 29.6 Å². The molecule has 0 aliphatic carbocycles. The van der Waals surface area contributed by atoms with Crippen LogP contribution in [0.4, 0.5) is 0 Å². The van der Waals surface area contributed by atoms with E-state index in [-0.39, 0.29) is 31.1 Å². The number of halogens is 1. The molecule has 0 bridgehead atoms. The monoisotopic (exact) mass is 568 g/mol. The largest absolute Gasteiger partial charge is 0.462 e. The molecule has 1 aliphatic heterocycles. The molecule has 6 nitrogen and oxygen atoms in total. The molecule has 0 fully saturated rings. The van der Waals surface area contributed by atoms with Crippen molar-refractivity contribution in [2.45, 2.75) is 44.9 Å². The minimum absolute atomic E-state index is 0.0408. The number of hydrogen-bond acceptors (Lipinski definition) is 6. The van der Waals surface area contributed by atoms with Gasteiger partial charge >= 0.3 is 11.9 Å². The quantitative estimate of drug-likeness (QED) is 0.194. The van der Waals surface area contributed by atoms with Crippen molar-refractivity contribution in [3.63, 3.8) is 0 Å². The van der Waals surface area contributed by atoms with Gasteiger partial charge in [0.25, 0.3) is 0 Å². The van der Waals surface area contributed by atoms with Gasteiger partial charge < -0.3 is 14.8 Å². The SMILES string of the molecule is CC1=C(C(=O)OCCC#N)C(c2cccc(Cl)c2)C(C(=O)OCCCC(c2ccccc2)c2ccccc2)=C(C)N1. The van der Waals surface area contributed by atoms with E-state index in [4.69, 9.17) is 26.3 Å². The molecule has 0 aromatic heterocycles. The summed E-state index contributed by atoms with van der Waals surface area (Å²) >= 11 is 6.31. The Morgan fingerprint density at radius 1 is 0.854 bits per heavy atom. The molecular formula is C34H33ClN2O4. The lowest BCUT2D eigenvalue weighted by Crippen LogP contribution is -2.32. The molecule has 1 heterocycles. The van der Waals surface area contributed by atoms with Crippen LogP contribution < -0.4 is 5.32 Å². The molecule has 1 unspecified atom stereocenters. The van der Waals surface area contributed by atoms with Gasteiger partial charge in [-0.2, -0.15) is 5.26 Å². The van der Waals surface area contributed by atoms with Gasteiger partial charge in [0, 0.05) is 22.3 Å². The molecule has 3 aromatic rings. The summed E-state index contributed by atoms with van der Waals surface area (Å²) in [6.07, 6.45) is 1.52. The molecule has 0 radical (unpaired) electrons. The number of benzene rings is 3. The fourth-order valence-corrected chi connectivity index (χ4v) is 5.45. The summed E-state index contributed by atoms with van der Waals surface area (Å²) in [4.78, 5) is 26.8. The first-order chi connectivity index (χ1) is 19.9. The molecule has 210 valence electrons. The fourth-order valence-electron chi connectivity index (χ4n) is 5.25. The van der Waals surface area contributed by atoms with Crippen molar-refractivity contribution in [2.75, 3.05) is 13.2 Å². The van der Waals surface area contributed by atoms with Crippen LogP contribution in [0.3, 0.4) is 0 Å². The average molecular weight is 569 g/mol. The van der Waals surface area contributed by atoms with Gasteiger partial charge in [-0.25, -0.2) is 9.59 Å². The van der Waals surface area contributed by atoms with Crippen molar-refractivity contribution >= 4 is 23.5 Å². The number of nitriles is 1. The van der Waals surface area contributed by atoms with Crippen molar-refractivity contribution in [3.05, 3.63) is 129 Å². The van der Waals surface area contributed by atoms with E-state index in [9.17, 15) is 9.59 Å². The number of rotatable bonds is 11. The van der Waals surface area contributed by atoms with E-state index in [0.717, 1.165) is 6.42 Å². The summed E-state index contributed by atoms with van der Waals surface area (Å²) in [5.41, 5.74) is 4.87. The standard InChI is InChI=1S/C34H33ClN2O4/c1-23-30(32(27-16-9-17-28(35)22-27)31(24(2)37-23)34(39)41-21-11-19-36)33(38)40-20-10-18-29(25-12-5-3-6-13-25)26-14-7-4-8-15-26/h3-9,12-17,22,29,32,37H,10-11,18,20-21H2,1-2H3. The summed E-state index contributed by atoms with van der Waals surface area (Å²) in [7, 11) is 0. The van der Waals surface area contributed by atoms with E-state index in [1.54, 1.807) is 32.0 Å². The lowest BCUT2D eigenvalue weighted by atomic mass is 9.80. The molecule has 1 N–H and O–H groups in total. The zero-order valence-electron chi connectivity index (χ0n) is 23.2. The predicted molar refractivity (Wildman–Crippen MR) is 159 cm³/mol. The second-order valence-electron chi connectivity index (χ2n) is 9.89. The minimum atomic E-state index is -0.738. The molecule has 0 spiro atoms. The highest BCUT2D eigenvalue weighted by Crippen LogP contribution is 2.40. The molecular weight excluding hydrogens is 536 g/mol. The van der Waals surface area contributed by atoms with E-state index < -0.39 is 17.9 Å². The minimum Gasteiger partial charge on any atom is -0.462 e. The van der Waals surface area contributed by atoms with Crippen LogP contribution in [0.25, 0.3) is 0 Å². The first kappa shape index (κ1) is 29.6. The molecule has 1 atom stereocenters. The molecule has 3 aromatic carbocycles. The maximum atomic E-state index is 13.6. The number of carbonyl (C=O) groups is 2. The van der Waals surface area contributed by atoms with Crippen molar-refractivity contribution in [1.82, 2.24) is 5.32 Å².